The topological polar surface area (TPSA) is 71.5 Å². The molecule has 1 fully saturated rings. The predicted octanol–water partition coefficient (Wildman–Crippen LogP) is 3.64. The van der Waals surface area contributed by atoms with Gasteiger partial charge in [-0.05, 0) is 75.2 Å². The minimum Gasteiger partial charge on any atom is -0.462 e. The van der Waals surface area contributed by atoms with E-state index >= 15 is 0 Å². The minimum absolute atomic E-state index is 0.0350. The Labute approximate surface area is 172 Å². The average Bonchev–Trinajstić information content (AvgIpc) is 2.75. The van der Waals surface area contributed by atoms with Crippen LogP contribution in [0, 0.1) is 0 Å². The third-order valence-corrected chi connectivity index (χ3v) is 5.33. The molecule has 1 aromatic heterocycles. The molecule has 6 heteroatoms. The van der Waals surface area contributed by atoms with Crippen LogP contribution in [0.25, 0.3) is 0 Å². The number of anilines is 1. The highest BCUT2D eigenvalue weighted by Gasteiger charge is 2.23. The van der Waals surface area contributed by atoms with Crippen LogP contribution in [0.5, 0.6) is 0 Å². The molecule has 1 aliphatic rings. The van der Waals surface area contributed by atoms with Crippen molar-refractivity contribution in [2.24, 2.45) is 0 Å². The predicted molar refractivity (Wildman–Crippen MR) is 113 cm³/mol. The highest BCUT2D eigenvalue weighted by molar-refractivity contribution is 5.95. The van der Waals surface area contributed by atoms with E-state index in [0.717, 1.165) is 37.2 Å². The van der Waals surface area contributed by atoms with E-state index in [1.807, 2.05) is 31.3 Å². The molecule has 0 saturated carbocycles. The summed E-state index contributed by atoms with van der Waals surface area (Å²) in [6, 6.07) is 11.4. The maximum Gasteiger partial charge on any atom is 0.338 e. The first-order chi connectivity index (χ1) is 14.1. The fourth-order valence-electron chi connectivity index (χ4n) is 3.78. The lowest BCUT2D eigenvalue weighted by Crippen LogP contribution is -2.38. The Morgan fingerprint density at radius 3 is 2.62 bits per heavy atom. The monoisotopic (exact) mass is 395 g/mol. The van der Waals surface area contributed by atoms with E-state index in [2.05, 4.69) is 21.3 Å². The molecule has 1 amide bonds. The van der Waals surface area contributed by atoms with Gasteiger partial charge in [-0.3, -0.25) is 14.7 Å². The van der Waals surface area contributed by atoms with E-state index in [-0.39, 0.29) is 11.9 Å². The Bertz CT molecular complexity index is 831. The molecule has 6 nitrogen and oxygen atoms in total. The highest BCUT2D eigenvalue weighted by atomic mass is 16.5. The first kappa shape index (κ1) is 21.0. The average molecular weight is 396 g/mol. The molecule has 2 aromatic rings. The number of aromatic nitrogens is 1. The number of nitrogens with zero attached hydrogens (tertiary/aromatic N) is 2. The molecule has 0 radical (unpaired) electrons. The molecular weight excluding hydrogens is 366 g/mol. The second-order valence-corrected chi connectivity index (χ2v) is 7.30. The molecule has 154 valence electrons. The molecule has 0 aliphatic carbocycles. The van der Waals surface area contributed by atoms with Crippen LogP contribution in [0.4, 0.5) is 5.69 Å². The number of amides is 1. The summed E-state index contributed by atoms with van der Waals surface area (Å²) in [5.41, 5.74) is 3.29. The van der Waals surface area contributed by atoms with Crippen LogP contribution in [0.1, 0.15) is 54.2 Å². The van der Waals surface area contributed by atoms with Gasteiger partial charge in [0.2, 0.25) is 5.91 Å². The number of carbonyl (C=O) groups is 2. The van der Waals surface area contributed by atoms with Crippen molar-refractivity contribution in [2.75, 3.05) is 31.6 Å². The molecule has 0 spiro atoms. The van der Waals surface area contributed by atoms with Gasteiger partial charge in [-0.25, -0.2) is 4.79 Å². The zero-order valence-corrected chi connectivity index (χ0v) is 17.2. The summed E-state index contributed by atoms with van der Waals surface area (Å²) in [7, 11) is 0. The maximum absolute atomic E-state index is 12.5. The van der Waals surface area contributed by atoms with Gasteiger partial charge >= 0.3 is 5.97 Å². The van der Waals surface area contributed by atoms with Gasteiger partial charge in [0.1, 0.15) is 0 Å². The zero-order valence-electron chi connectivity index (χ0n) is 17.2. The summed E-state index contributed by atoms with van der Waals surface area (Å²) >= 11 is 0. The van der Waals surface area contributed by atoms with Gasteiger partial charge in [0.25, 0.3) is 0 Å². The molecule has 0 atom stereocenters. The third-order valence-electron chi connectivity index (χ3n) is 5.33. The molecular formula is C23H29N3O3. The summed E-state index contributed by atoms with van der Waals surface area (Å²) in [5, 5.41) is 2.96. The lowest BCUT2D eigenvalue weighted by molar-refractivity contribution is -0.117. The standard InChI is InChI=1S/C23H29N3O3/c1-3-17-15-19(8-9-20(17)23(28)29-4-2)25-22(27)16-26-13-10-18(11-14-26)21-7-5-6-12-24-21/h5-9,12,15,18H,3-4,10-11,13-14,16H2,1-2H3,(H,25,27). The number of hydrogen-bond donors (Lipinski definition) is 1. The van der Waals surface area contributed by atoms with Gasteiger partial charge in [-0.2, -0.15) is 0 Å². The van der Waals surface area contributed by atoms with Crippen molar-refractivity contribution in [3.8, 4) is 0 Å². The lowest BCUT2D eigenvalue weighted by Gasteiger charge is -2.31. The van der Waals surface area contributed by atoms with Crippen molar-refractivity contribution in [2.45, 2.75) is 39.0 Å². The second kappa shape index (κ2) is 10.2. The molecule has 29 heavy (non-hydrogen) atoms. The molecule has 1 saturated heterocycles. The summed E-state index contributed by atoms with van der Waals surface area (Å²) < 4.78 is 5.10. The molecule has 0 unspecified atom stereocenters. The number of esters is 1. The summed E-state index contributed by atoms with van der Waals surface area (Å²) in [5.74, 6) is 0.114. The Hall–Kier alpha value is -2.73. The SMILES string of the molecule is CCOC(=O)c1ccc(NC(=O)CN2CCC(c3ccccn3)CC2)cc1CC. The van der Waals surface area contributed by atoms with E-state index in [0.29, 0.717) is 36.7 Å². The highest BCUT2D eigenvalue weighted by Crippen LogP contribution is 2.26. The number of carbonyl (C=O) groups excluding carboxylic acids is 2. The van der Waals surface area contributed by atoms with Crippen molar-refractivity contribution < 1.29 is 14.3 Å². The number of aryl methyl sites for hydroxylation is 1. The van der Waals surface area contributed by atoms with Gasteiger partial charge in [-0.15, -0.1) is 0 Å². The number of nitrogens with one attached hydrogen (secondary N) is 1. The number of pyridine rings is 1. The Balaban J connectivity index is 1.53. The van der Waals surface area contributed by atoms with Gasteiger partial charge < -0.3 is 10.1 Å². The summed E-state index contributed by atoms with van der Waals surface area (Å²) in [6.07, 6.45) is 4.56. The lowest BCUT2D eigenvalue weighted by atomic mass is 9.93. The van der Waals surface area contributed by atoms with Crippen molar-refractivity contribution >= 4 is 17.6 Å². The van der Waals surface area contributed by atoms with Crippen molar-refractivity contribution in [1.29, 1.82) is 0 Å². The number of piperidine rings is 1. The van der Waals surface area contributed by atoms with E-state index < -0.39 is 0 Å². The first-order valence-electron chi connectivity index (χ1n) is 10.3. The molecule has 0 bridgehead atoms. The fourth-order valence-corrected chi connectivity index (χ4v) is 3.78. The summed E-state index contributed by atoms with van der Waals surface area (Å²) in [4.78, 5) is 31.2. The van der Waals surface area contributed by atoms with Crippen LogP contribution in [0.15, 0.2) is 42.6 Å². The quantitative estimate of drug-likeness (QED) is 0.725. The van der Waals surface area contributed by atoms with Gasteiger partial charge in [0.05, 0.1) is 18.7 Å². The fraction of sp³-hybridized carbons (Fsp3) is 0.435. The molecule has 1 aliphatic heterocycles. The smallest absolute Gasteiger partial charge is 0.338 e. The molecule has 1 aromatic carbocycles. The van der Waals surface area contributed by atoms with Crippen molar-refractivity contribution in [3.63, 3.8) is 0 Å². The molecule has 3 rings (SSSR count). The minimum atomic E-state index is -0.321. The number of rotatable bonds is 7. The number of benzene rings is 1. The molecule has 1 N–H and O–H groups in total. The van der Waals surface area contributed by atoms with Crippen molar-refractivity contribution in [3.05, 3.63) is 59.4 Å². The van der Waals surface area contributed by atoms with Crippen molar-refractivity contribution in [1.82, 2.24) is 9.88 Å². The molecule has 2 heterocycles. The van der Waals surface area contributed by atoms with Gasteiger partial charge in [-0.1, -0.05) is 13.0 Å². The number of ether oxygens (including phenoxy) is 1. The van der Waals surface area contributed by atoms with Gasteiger partial charge in [0.15, 0.2) is 0 Å². The van der Waals surface area contributed by atoms with Crippen LogP contribution >= 0.6 is 0 Å². The van der Waals surface area contributed by atoms with E-state index in [9.17, 15) is 9.59 Å². The van der Waals surface area contributed by atoms with Crippen LogP contribution in [0.3, 0.4) is 0 Å². The number of likely N-dealkylation sites (tertiary alicyclic amines) is 1. The summed E-state index contributed by atoms with van der Waals surface area (Å²) in [6.45, 7) is 6.26. The van der Waals surface area contributed by atoms with Gasteiger partial charge in [0, 0.05) is 23.5 Å². The third kappa shape index (κ3) is 5.64. The van der Waals surface area contributed by atoms with E-state index in [4.69, 9.17) is 4.74 Å². The Morgan fingerprint density at radius 2 is 1.97 bits per heavy atom. The Kier molecular flexibility index (Phi) is 7.36. The normalized spacial score (nSPS) is 15.1. The first-order valence-corrected chi connectivity index (χ1v) is 10.3. The number of hydrogen-bond acceptors (Lipinski definition) is 5. The van der Waals surface area contributed by atoms with Crippen LogP contribution in [0.2, 0.25) is 0 Å². The Morgan fingerprint density at radius 1 is 1.17 bits per heavy atom. The van der Waals surface area contributed by atoms with Crippen LogP contribution < -0.4 is 5.32 Å². The van der Waals surface area contributed by atoms with E-state index in [1.54, 1.807) is 19.1 Å². The second-order valence-electron chi connectivity index (χ2n) is 7.30. The van der Waals surface area contributed by atoms with Crippen LogP contribution in [-0.4, -0.2) is 48.0 Å². The van der Waals surface area contributed by atoms with E-state index in [1.165, 1.54) is 0 Å². The van der Waals surface area contributed by atoms with Crippen LogP contribution in [-0.2, 0) is 16.0 Å². The maximum atomic E-state index is 12.5. The largest absolute Gasteiger partial charge is 0.462 e. The zero-order chi connectivity index (χ0) is 20.6.